The van der Waals surface area contributed by atoms with Crippen LogP contribution in [0, 0.1) is 0 Å². The molecule has 0 radical (unpaired) electrons. The maximum absolute atomic E-state index is 13.1. The molecule has 4 rings (SSSR count). The molecule has 0 spiro atoms. The Morgan fingerprint density at radius 3 is 2.24 bits per heavy atom. The first-order valence-electron chi connectivity index (χ1n) is 14.1. The van der Waals surface area contributed by atoms with Gasteiger partial charge in [-0.15, -0.1) is 0 Å². The Balaban J connectivity index is 1.85. The van der Waals surface area contributed by atoms with E-state index in [9.17, 15) is 15.0 Å². The van der Waals surface area contributed by atoms with Gasteiger partial charge in [0.15, 0.2) is 31.5 Å². The molecule has 0 bridgehead atoms. The van der Waals surface area contributed by atoms with E-state index in [0.717, 1.165) is 0 Å². The van der Waals surface area contributed by atoms with E-state index in [2.05, 4.69) is 88.0 Å². The number of amides is 1. The third kappa shape index (κ3) is 5.30. The van der Waals surface area contributed by atoms with E-state index in [-0.39, 0.29) is 28.4 Å². The molecule has 1 saturated heterocycles. The minimum atomic E-state index is -2.71. The topological polar surface area (TPSA) is 132 Å². The molecule has 12 heteroatoms. The molecule has 1 aliphatic heterocycles. The Morgan fingerprint density at radius 2 is 1.68 bits per heavy atom. The van der Waals surface area contributed by atoms with Gasteiger partial charge in [-0.05, 0) is 35.3 Å². The zero-order chi connectivity index (χ0) is 30.6. The summed E-state index contributed by atoms with van der Waals surface area (Å²) in [7, 11) is -5.12. The number of hydrogen-bond donors (Lipinski definition) is 3. The standard InChI is InChI=1S/C29H45N5O5Si2/c1-27(2,3)40(7,8)29(37)22(39-41(9,10)28(4,5)6)20(16-35)38-26(29)34-18-32-21-23(30-17-31-24(21)34)33-25(36)19-14-12-11-13-15-19/h11-15,17-18,20,22,26,35,37H,16H2,1-10H3,(H,30,31,33,36)/t20-,22-,26-,29+/m1/s1. The molecule has 2 aromatic heterocycles. The first-order chi connectivity index (χ1) is 18.9. The summed E-state index contributed by atoms with van der Waals surface area (Å²) in [6.45, 7) is 21.1. The average Bonchev–Trinajstić information content (AvgIpc) is 3.43. The normalized spacial score (nSPS) is 24.1. The summed E-state index contributed by atoms with van der Waals surface area (Å²) in [5.74, 6) is -0.0672. The predicted molar refractivity (Wildman–Crippen MR) is 165 cm³/mol. The monoisotopic (exact) mass is 599 g/mol. The highest BCUT2D eigenvalue weighted by atomic mass is 28.4. The Labute approximate surface area is 244 Å². The van der Waals surface area contributed by atoms with Gasteiger partial charge in [0.1, 0.15) is 23.8 Å². The number of benzene rings is 1. The lowest BCUT2D eigenvalue weighted by Crippen LogP contribution is -2.69. The van der Waals surface area contributed by atoms with Gasteiger partial charge >= 0.3 is 0 Å². The molecule has 4 atom stereocenters. The number of fused-ring (bicyclic) bond motifs is 1. The number of nitrogens with zero attached hydrogens (tertiary/aromatic N) is 4. The van der Waals surface area contributed by atoms with Crippen LogP contribution < -0.4 is 5.32 Å². The fourth-order valence-electron chi connectivity index (χ4n) is 4.99. The lowest BCUT2D eigenvalue weighted by Gasteiger charge is -2.53. The van der Waals surface area contributed by atoms with Crippen LogP contribution in [0.15, 0.2) is 43.0 Å². The van der Waals surface area contributed by atoms with Crippen LogP contribution in [0.5, 0.6) is 0 Å². The fraction of sp³-hybridized carbons (Fsp3) is 0.586. The maximum atomic E-state index is 13.1. The first-order valence-corrected chi connectivity index (χ1v) is 20.0. The van der Waals surface area contributed by atoms with Crippen LogP contribution in [0.3, 0.4) is 0 Å². The van der Waals surface area contributed by atoms with Gasteiger partial charge in [0.05, 0.1) is 21.0 Å². The Hall–Kier alpha value is -2.49. The van der Waals surface area contributed by atoms with Crippen LogP contribution in [-0.2, 0) is 9.16 Å². The van der Waals surface area contributed by atoms with Gasteiger partial charge in [0.25, 0.3) is 5.91 Å². The Kier molecular flexibility index (Phi) is 8.17. The number of imidazole rings is 1. The van der Waals surface area contributed by atoms with Gasteiger partial charge in [-0.25, -0.2) is 15.0 Å². The summed E-state index contributed by atoms with van der Waals surface area (Å²) >= 11 is 0. The second-order valence-electron chi connectivity index (χ2n) is 14.1. The van der Waals surface area contributed by atoms with Crippen molar-refractivity contribution in [2.24, 2.45) is 0 Å². The summed E-state index contributed by atoms with van der Waals surface area (Å²) in [5.41, 5.74) is 1.25. The fourth-order valence-corrected chi connectivity index (χ4v) is 9.41. The largest absolute Gasteiger partial charge is 0.408 e. The molecule has 0 aliphatic carbocycles. The minimum Gasteiger partial charge on any atom is -0.408 e. The summed E-state index contributed by atoms with van der Waals surface area (Å²) in [5, 5.41) is 24.6. The molecule has 1 aliphatic rings. The van der Waals surface area contributed by atoms with Crippen LogP contribution >= 0.6 is 0 Å². The number of carbonyl (C=O) groups is 1. The number of hydrogen-bond acceptors (Lipinski definition) is 8. The number of ether oxygens (including phenoxy) is 1. The van der Waals surface area contributed by atoms with Crippen LogP contribution in [0.1, 0.15) is 58.1 Å². The summed E-state index contributed by atoms with van der Waals surface area (Å²) in [6, 6.07) is 8.86. The number of aliphatic hydroxyl groups is 2. The van der Waals surface area contributed by atoms with Crippen LogP contribution in [0.2, 0.25) is 36.3 Å². The molecule has 3 aromatic rings. The Morgan fingerprint density at radius 1 is 1.05 bits per heavy atom. The van der Waals surface area contributed by atoms with Crippen LogP contribution in [-0.4, -0.2) is 76.1 Å². The predicted octanol–water partition coefficient (Wildman–Crippen LogP) is 5.14. The van der Waals surface area contributed by atoms with Gasteiger partial charge in [0.2, 0.25) is 0 Å². The lowest BCUT2D eigenvalue weighted by molar-refractivity contribution is -0.0671. The zero-order valence-corrected chi connectivity index (χ0v) is 27.9. The highest BCUT2D eigenvalue weighted by Crippen LogP contribution is 2.55. The number of rotatable bonds is 7. The number of anilines is 1. The van der Waals surface area contributed by atoms with Crippen LogP contribution in [0.4, 0.5) is 5.82 Å². The van der Waals surface area contributed by atoms with Crippen molar-refractivity contribution >= 4 is 39.3 Å². The SMILES string of the molecule is CC(C)(C)[Si](C)(C)O[C@@H]1[C@@H](CO)O[C@@H](n2cnc3c(NC(=O)c4ccccc4)ncnc32)[C@@]1(O)[Si](C)(C)C(C)(C)C. The second-order valence-corrected chi connectivity index (χ2v) is 24.4. The van der Waals surface area contributed by atoms with E-state index in [4.69, 9.17) is 9.16 Å². The lowest BCUT2D eigenvalue weighted by atomic mass is 10.1. The van der Waals surface area contributed by atoms with E-state index in [1.54, 1.807) is 35.2 Å². The van der Waals surface area contributed by atoms with Crippen molar-refractivity contribution in [2.45, 2.75) is 101 Å². The van der Waals surface area contributed by atoms with Crippen molar-refractivity contribution in [2.75, 3.05) is 11.9 Å². The molecule has 1 amide bonds. The summed E-state index contributed by atoms with van der Waals surface area (Å²) in [6.07, 6.45) is 0.450. The van der Waals surface area contributed by atoms with E-state index in [0.29, 0.717) is 16.7 Å². The smallest absolute Gasteiger partial charge is 0.256 e. The van der Waals surface area contributed by atoms with Crippen molar-refractivity contribution in [3.63, 3.8) is 0 Å². The molecule has 1 fully saturated rings. The molecule has 0 unspecified atom stereocenters. The van der Waals surface area contributed by atoms with E-state index < -0.39 is 40.1 Å². The van der Waals surface area contributed by atoms with Crippen LogP contribution in [0.25, 0.3) is 11.2 Å². The highest BCUT2D eigenvalue weighted by molar-refractivity contribution is 6.83. The van der Waals surface area contributed by atoms with Gasteiger partial charge in [-0.1, -0.05) is 72.8 Å². The highest BCUT2D eigenvalue weighted by Gasteiger charge is 2.69. The third-order valence-electron chi connectivity index (χ3n) is 9.61. The number of aromatic nitrogens is 4. The Bertz CT molecular complexity index is 1400. The van der Waals surface area contributed by atoms with Crippen molar-refractivity contribution in [3.05, 3.63) is 48.5 Å². The molecule has 3 N–H and O–H groups in total. The number of nitrogens with one attached hydrogen (secondary N) is 1. The van der Waals surface area contributed by atoms with Gasteiger partial charge < -0.3 is 24.7 Å². The number of aliphatic hydroxyl groups excluding tert-OH is 1. The molecule has 224 valence electrons. The van der Waals surface area contributed by atoms with E-state index >= 15 is 0 Å². The quantitative estimate of drug-likeness (QED) is 0.318. The average molecular weight is 600 g/mol. The molecule has 1 aromatic carbocycles. The third-order valence-corrected chi connectivity index (χ3v) is 20.4. The summed E-state index contributed by atoms with van der Waals surface area (Å²) in [4.78, 5) is 26.2. The number of carbonyl (C=O) groups excluding carboxylic acids is 1. The molecule has 41 heavy (non-hydrogen) atoms. The van der Waals surface area contributed by atoms with Crippen molar-refractivity contribution in [1.82, 2.24) is 19.5 Å². The summed E-state index contributed by atoms with van der Waals surface area (Å²) < 4.78 is 15.2. The van der Waals surface area contributed by atoms with Gasteiger partial charge in [-0.3, -0.25) is 9.36 Å². The van der Waals surface area contributed by atoms with E-state index in [1.165, 1.54) is 6.33 Å². The zero-order valence-electron chi connectivity index (χ0n) is 25.9. The molecular formula is C29H45N5O5Si2. The van der Waals surface area contributed by atoms with Crippen molar-refractivity contribution in [3.8, 4) is 0 Å². The second kappa shape index (κ2) is 10.7. The van der Waals surface area contributed by atoms with Gasteiger partial charge in [-0.2, -0.15) is 0 Å². The molecule has 3 heterocycles. The van der Waals surface area contributed by atoms with Gasteiger partial charge in [0, 0.05) is 5.56 Å². The maximum Gasteiger partial charge on any atom is 0.256 e. The first kappa shape index (κ1) is 31.4. The minimum absolute atomic E-state index is 0.125. The van der Waals surface area contributed by atoms with E-state index in [1.807, 2.05) is 6.07 Å². The molecular weight excluding hydrogens is 555 g/mol. The molecule has 10 nitrogen and oxygen atoms in total. The van der Waals surface area contributed by atoms with Crippen molar-refractivity contribution in [1.29, 1.82) is 0 Å². The van der Waals surface area contributed by atoms with Crippen molar-refractivity contribution < 1.29 is 24.2 Å². The molecule has 0 saturated carbocycles.